The smallest absolute Gasteiger partial charge is 0.244 e. The molecule has 1 N–H and O–H groups in total. The van der Waals surface area contributed by atoms with Crippen LogP contribution in [0.4, 0.5) is 5.69 Å². The summed E-state index contributed by atoms with van der Waals surface area (Å²) in [5.74, 6) is 1.55. The summed E-state index contributed by atoms with van der Waals surface area (Å²) < 4.78 is 2.08. The van der Waals surface area contributed by atoms with E-state index in [9.17, 15) is 4.79 Å². The molecule has 122 valence electrons. The fraction of sp³-hybridized carbons (Fsp3) is 0.300. The summed E-state index contributed by atoms with van der Waals surface area (Å²) >= 11 is 0. The zero-order valence-electron chi connectivity index (χ0n) is 14.0. The van der Waals surface area contributed by atoms with Gasteiger partial charge < -0.3 is 9.88 Å². The van der Waals surface area contributed by atoms with Crippen LogP contribution < -0.4 is 5.32 Å². The van der Waals surface area contributed by atoms with Crippen molar-refractivity contribution in [2.45, 2.75) is 39.2 Å². The maximum Gasteiger partial charge on any atom is 0.244 e. The van der Waals surface area contributed by atoms with Crippen molar-refractivity contribution in [3.63, 3.8) is 0 Å². The number of nitrogens with zero attached hydrogens (tertiary/aromatic N) is 2. The number of hydrogen-bond acceptors (Lipinski definition) is 2. The number of amides is 1. The molecule has 0 unspecified atom stereocenters. The summed E-state index contributed by atoms with van der Waals surface area (Å²) in [6, 6.07) is 14.1. The molecule has 4 heteroatoms. The predicted molar refractivity (Wildman–Crippen MR) is 96.3 cm³/mol. The van der Waals surface area contributed by atoms with Gasteiger partial charge in [-0.25, -0.2) is 4.98 Å². The number of aryl methyl sites for hydroxylation is 2. The standard InChI is InChI=1S/C20H21N3O/c1-13-6-5-7-14(2)19(13)22-18(24)12-23-17-9-4-3-8-16(17)21-20(23)15-10-11-15/h3-9,15H,10-12H2,1-2H3,(H,22,24). The average molecular weight is 319 g/mol. The van der Waals surface area contributed by atoms with Gasteiger partial charge in [-0.3, -0.25) is 4.79 Å². The summed E-state index contributed by atoms with van der Waals surface area (Å²) in [7, 11) is 0. The van der Waals surface area contributed by atoms with Gasteiger partial charge in [-0.1, -0.05) is 30.3 Å². The Balaban J connectivity index is 1.64. The van der Waals surface area contributed by atoms with Gasteiger partial charge in [0.25, 0.3) is 0 Å². The molecule has 1 amide bonds. The van der Waals surface area contributed by atoms with Crippen molar-refractivity contribution in [3.8, 4) is 0 Å². The second-order valence-electron chi connectivity index (χ2n) is 6.63. The zero-order chi connectivity index (χ0) is 16.7. The van der Waals surface area contributed by atoms with Crippen molar-refractivity contribution in [2.75, 3.05) is 5.32 Å². The number of carbonyl (C=O) groups is 1. The number of hydrogen-bond donors (Lipinski definition) is 1. The van der Waals surface area contributed by atoms with Crippen LogP contribution in [0.3, 0.4) is 0 Å². The third-order valence-electron chi connectivity index (χ3n) is 4.67. The van der Waals surface area contributed by atoms with Crippen molar-refractivity contribution >= 4 is 22.6 Å². The number of imidazole rings is 1. The van der Waals surface area contributed by atoms with Crippen LogP contribution >= 0.6 is 0 Å². The number of benzene rings is 2. The van der Waals surface area contributed by atoms with Gasteiger partial charge in [0.1, 0.15) is 12.4 Å². The molecule has 1 heterocycles. The molecular weight excluding hydrogens is 298 g/mol. The highest BCUT2D eigenvalue weighted by molar-refractivity contribution is 5.93. The normalized spacial score (nSPS) is 14.1. The van der Waals surface area contributed by atoms with Crippen LogP contribution in [0, 0.1) is 13.8 Å². The number of fused-ring (bicyclic) bond motifs is 1. The molecule has 1 aliphatic carbocycles. The van der Waals surface area contributed by atoms with E-state index >= 15 is 0 Å². The topological polar surface area (TPSA) is 46.9 Å². The van der Waals surface area contributed by atoms with E-state index in [4.69, 9.17) is 4.98 Å². The molecule has 1 aliphatic rings. The molecule has 4 nitrogen and oxygen atoms in total. The molecule has 0 radical (unpaired) electrons. The number of aromatic nitrogens is 2. The molecule has 3 aromatic rings. The van der Waals surface area contributed by atoms with Gasteiger partial charge in [0.05, 0.1) is 11.0 Å². The van der Waals surface area contributed by atoms with E-state index in [0.717, 1.165) is 33.7 Å². The van der Waals surface area contributed by atoms with Crippen LogP contribution in [-0.2, 0) is 11.3 Å². The minimum Gasteiger partial charge on any atom is -0.324 e. The van der Waals surface area contributed by atoms with Gasteiger partial charge in [-0.2, -0.15) is 0 Å². The quantitative estimate of drug-likeness (QED) is 0.784. The predicted octanol–water partition coefficient (Wildman–Crippen LogP) is 4.17. The number of para-hydroxylation sites is 3. The molecule has 0 bridgehead atoms. The molecule has 1 fully saturated rings. The Hall–Kier alpha value is -2.62. The molecule has 0 saturated heterocycles. The zero-order valence-corrected chi connectivity index (χ0v) is 14.0. The third kappa shape index (κ3) is 2.68. The number of nitrogens with one attached hydrogen (secondary N) is 1. The molecule has 0 aliphatic heterocycles. The van der Waals surface area contributed by atoms with Crippen LogP contribution in [0.1, 0.15) is 35.7 Å². The lowest BCUT2D eigenvalue weighted by Gasteiger charge is -2.13. The Morgan fingerprint density at radius 1 is 1.12 bits per heavy atom. The fourth-order valence-corrected chi connectivity index (χ4v) is 3.25. The van der Waals surface area contributed by atoms with E-state index in [1.807, 2.05) is 56.3 Å². The highest BCUT2D eigenvalue weighted by Gasteiger charge is 2.30. The molecule has 0 spiro atoms. The van der Waals surface area contributed by atoms with E-state index in [1.54, 1.807) is 0 Å². The first-order valence-electron chi connectivity index (χ1n) is 8.44. The van der Waals surface area contributed by atoms with Crippen LogP contribution in [0.2, 0.25) is 0 Å². The van der Waals surface area contributed by atoms with Crippen molar-refractivity contribution < 1.29 is 4.79 Å². The van der Waals surface area contributed by atoms with E-state index < -0.39 is 0 Å². The first-order chi connectivity index (χ1) is 11.6. The highest BCUT2D eigenvalue weighted by atomic mass is 16.1. The van der Waals surface area contributed by atoms with Crippen molar-refractivity contribution in [1.82, 2.24) is 9.55 Å². The number of anilines is 1. The second-order valence-corrected chi connectivity index (χ2v) is 6.63. The van der Waals surface area contributed by atoms with Gasteiger partial charge in [-0.15, -0.1) is 0 Å². The van der Waals surface area contributed by atoms with E-state index in [-0.39, 0.29) is 5.91 Å². The van der Waals surface area contributed by atoms with E-state index in [0.29, 0.717) is 12.5 Å². The largest absolute Gasteiger partial charge is 0.324 e. The first-order valence-corrected chi connectivity index (χ1v) is 8.44. The molecule has 2 aromatic carbocycles. The minimum atomic E-state index is -0.00236. The Morgan fingerprint density at radius 3 is 2.54 bits per heavy atom. The van der Waals surface area contributed by atoms with Crippen molar-refractivity contribution in [3.05, 3.63) is 59.4 Å². The van der Waals surface area contributed by atoms with Crippen LogP contribution in [-0.4, -0.2) is 15.5 Å². The molecule has 0 atom stereocenters. The molecule has 24 heavy (non-hydrogen) atoms. The maximum absolute atomic E-state index is 12.7. The summed E-state index contributed by atoms with van der Waals surface area (Å²) in [4.78, 5) is 17.4. The lowest BCUT2D eigenvalue weighted by atomic mass is 10.1. The number of rotatable bonds is 4. The van der Waals surface area contributed by atoms with Gasteiger partial charge in [0.15, 0.2) is 0 Å². The molecular formula is C20H21N3O. The lowest BCUT2D eigenvalue weighted by molar-refractivity contribution is -0.116. The van der Waals surface area contributed by atoms with E-state index in [2.05, 4.69) is 9.88 Å². The minimum absolute atomic E-state index is 0.00236. The van der Waals surface area contributed by atoms with Crippen molar-refractivity contribution in [1.29, 1.82) is 0 Å². The average Bonchev–Trinajstić information content (AvgIpc) is 3.35. The Kier molecular flexibility index (Phi) is 3.60. The van der Waals surface area contributed by atoms with Gasteiger partial charge in [0.2, 0.25) is 5.91 Å². The third-order valence-corrected chi connectivity index (χ3v) is 4.67. The monoisotopic (exact) mass is 319 g/mol. The molecule has 1 aromatic heterocycles. The lowest BCUT2D eigenvalue weighted by Crippen LogP contribution is -2.21. The fourth-order valence-electron chi connectivity index (χ4n) is 3.25. The van der Waals surface area contributed by atoms with Crippen LogP contribution in [0.25, 0.3) is 11.0 Å². The maximum atomic E-state index is 12.7. The molecule has 4 rings (SSSR count). The Morgan fingerprint density at radius 2 is 1.83 bits per heavy atom. The van der Waals surface area contributed by atoms with Crippen LogP contribution in [0.15, 0.2) is 42.5 Å². The molecule has 1 saturated carbocycles. The van der Waals surface area contributed by atoms with Crippen molar-refractivity contribution in [2.24, 2.45) is 0 Å². The highest BCUT2D eigenvalue weighted by Crippen LogP contribution is 2.40. The second kappa shape index (κ2) is 5.78. The summed E-state index contributed by atoms with van der Waals surface area (Å²) in [5, 5.41) is 3.08. The summed E-state index contributed by atoms with van der Waals surface area (Å²) in [6.07, 6.45) is 2.34. The van der Waals surface area contributed by atoms with Gasteiger partial charge >= 0.3 is 0 Å². The number of carbonyl (C=O) groups excluding carboxylic acids is 1. The SMILES string of the molecule is Cc1cccc(C)c1NC(=O)Cn1c(C2CC2)nc2ccccc21. The summed E-state index contributed by atoms with van der Waals surface area (Å²) in [5.41, 5.74) is 5.10. The Labute approximate surface area is 141 Å². The van der Waals surface area contributed by atoms with Gasteiger partial charge in [0, 0.05) is 11.6 Å². The Bertz CT molecular complexity index is 902. The van der Waals surface area contributed by atoms with E-state index in [1.165, 1.54) is 12.8 Å². The van der Waals surface area contributed by atoms with Crippen LogP contribution in [0.5, 0.6) is 0 Å². The summed E-state index contributed by atoms with van der Waals surface area (Å²) in [6.45, 7) is 4.34. The van der Waals surface area contributed by atoms with Gasteiger partial charge in [-0.05, 0) is 49.9 Å². The first kappa shape index (κ1) is 14.9.